The second-order valence-electron chi connectivity index (χ2n) is 4.46. The molecular weight excluding hydrogens is 561 g/mol. The third-order valence-corrected chi connectivity index (χ3v) is 12.2. The van der Waals surface area contributed by atoms with Gasteiger partial charge < -0.3 is 0 Å². The number of ether oxygens (including phenoxy) is 2. The van der Waals surface area contributed by atoms with Crippen molar-refractivity contribution in [1.29, 1.82) is 0 Å². The van der Waals surface area contributed by atoms with Crippen LogP contribution in [0.25, 0.3) is 11.1 Å². The Labute approximate surface area is 141 Å². The molecule has 0 saturated carbocycles. The topological polar surface area (TPSA) is 18.5 Å². The predicted molar refractivity (Wildman–Crippen MR) is 79.7 cm³/mol. The Bertz CT molecular complexity index is 613. The van der Waals surface area contributed by atoms with Crippen LogP contribution >= 0.6 is 31.9 Å². The van der Waals surface area contributed by atoms with Gasteiger partial charge in [0, 0.05) is 0 Å². The van der Waals surface area contributed by atoms with Gasteiger partial charge in [-0.15, -0.1) is 0 Å². The van der Waals surface area contributed by atoms with E-state index in [1.807, 2.05) is 0 Å². The van der Waals surface area contributed by atoms with Gasteiger partial charge in [0.1, 0.15) is 0 Å². The summed E-state index contributed by atoms with van der Waals surface area (Å²) < 4.78 is 16.0. The van der Waals surface area contributed by atoms with Crippen LogP contribution in [0.4, 0.5) is 0 Å². The number of methoxy groups -OCH3 is 2. The van der Waals surface area contributed by atoms with E-state index in [1.54, 1.807) is 14.2 Å². The van der Waals surface area contributed by atoms with Crippen LogP contribution in [0.5, 0.6) is 11.5 Å². The van der Waals surface area contributed by atoms with Gasteiger partial charge in [-0.3, -0.25) is 0 Å². The molecule has 0 aromatic heterocycles. The van der Waals surface area contributed by atoms with Crippen molar-refractivity contribution in [3.05, 3.63) is 33.2 Å². The van der Waals surface area contributed by atoms with E-state index >= 15 is 0 Å². The molecule has 19 heavy (non-hydrogen) atoms. The van der Waals surface area contributed by atoms with Crippen molar-refractivity contribution in [2.45, 2.75) is 0 Å². The molecule has 2 aromatic carbocycles. The molecule has 1 heterocycles. The van der Waals surface area contributed by atoms with Gasteiger partial charge in [-0.25, -0.2) is 0 Å². The maximum atomic E-state index is 5.40. The fraction of sp³-hybridized carbons (Fsp3) is 0.143. The van der Waals surface area contributed by atoms with Gasteiger partial charge in [0.05, 0.1) is 0 Å². The normalized spacial score (nSPS) is 11.2. The summed E-state index contributed by atoms with van der Waals surface area (Å²) >= 11 is 5.91. The summed E-state index contributed by atoms with van der Waals surface area (Å²) in [7, 11) is 3.41. The van der Waals surface area contributed by atoms with Gasteiger partial charge in [-0.05, 0) is 0 Å². The van der Waals surface area contributed by atoms with Gasteiger partial charge in [-0.1, -0.05) is 0 Å². The predicted octanol–water partition coefficient (Wildman–Crippen LogP) is 3.24. The molecule has 0 amide bonds. The molecule has 0 N–H and O–H groups in total. The molecule has 0 radical (unpaired) electrons. The van der Waals surface area contributed by atoms with Crippen molar-refractivity contribution >= 4 is 38.0 Å². The SMILES string of the molecule is COc1cc2[c](cc1Br)[Hg][c]1cc(Br)c(OC)cc1-2. The summed E-state index contributed by atoms with van der Waals surface area (Å²) in [5, 5.41) is 0. The fourth-order valence-corrected chi connectivity index (χ4v) is 13.7. The molecule has 94 valence electrons. The number of benzene rings is 2. The van der Waals surface area contributed by atoms with E-state index in [2.05, 4.69) is 56.1 Å². The molecule has 2 nitrogen and oxygen atoms in total. The van der Waals surface area contributed by atoms with E-state index in [4.69, 9.17) is 9.47 Å². The van der Waals surface area contributed by atoms with Crippen molar-refractivity contribution in [3.63, 3.8) is 0 Å². The minimum atomic E-state index is -1.24. The molecular formula is C14H10Br2HgO2. The van der Waals surface area contributed by atoms with E-state index in [-0.39, 0.29) is 0 Å². The van der Waals surface area contributed by atoms with Crippen LogP contribution in [0.2, 0.25) is 0 Å². The molecule has 0 bridgehead atoms. The van der Waals surface area contributed by atoms with Crippen LogP contribution < -0.4 is 15.6 Å². The minimum absolute atomic E-state index is 0.891. The molecule has 3 rings (SSSR count). The van der Waals surface area contributed by atoms with Crippen LogP contribution in [0.15, 0.2) is 33.2 Å². The average molecular weight is 571 g/mol. The van der Waals surface area contributed by atoms with Crippen molar-refractivity contribution < 1.29 is 34.0 Å². The van der Waals surface area contributed by atoms with Crippen molar-refractivity contribution in [1.82, 2.24) is 0 Å². The summed E-state index contributed by atoms with van der Waals surface area (Å²) in [5.74, 6) is 1.78. The van der Waals surface area contributed by atoms with Crippen LogP contribution in [-0.4, -0.2) is 14.2 Å². The van der Waals surface area contributed by atoms with Gasteiger partial charge >= 0.3 is 142 Å². The van der Waals surface area contributed by atoms with E-state index in [9.17, 15) is 0 Å². The first-order chi connectivity index (χ1) is 9.13. The Morgan fingerprint density at radius 2 is 1.21 bits per heavy atom. The number of halogens is 2. The van der Waals surface area contributed by atoms with E-state index < -0.39 is 24.6 Å². The second kappa shape index (κ2) is 5.37. The quantitative estimate of drug-likeness (QED) is 0.441. The molecule has 1 aliphatic heterocycles. The standard InChI is InChI=1S/C14H10Br2O2.Hg/c1-17-13-7-9(3-5-11(13)15)10-4-6-12(16)14(8-10)18-2;/h5-8H,1-2H3;. The molecule has 2 aromatic rings. The summed E-state index contributed by atoms with van der Waals surface area (Å²) in [5.41, 5.74) is 2.64. The molecule has 0 saturated heterocycles. The number of hydrogen-bond acceptors (Lipinski definition) is 2. The third-order valence-electron chi connectivity index (χ3n) is 3.43. The monoisotopic (exact) mass is 570 g/mol. The van der Waals surface area contributed by atoms with Gasteiger partial charge in [-0.2, -0.15) is 0 Å². The molecule has 5 heteroatoms. The summed E-state index contributed by atoms with van der Waals surface area (Å²) in [4.78, 5) is 0. The second-order valence-corrected chi connectivity index (χ2v) is 13.5. The Balaban J connectivity index is 2.21. The van der Waals surface area contributed by atoms with E-state index in [1.165, 1.54) is 17.3 Å². The summed E-state index contributed by atoms with van der Waals surface area (Å²) in [6.07, 6.45) is 0. The Morgan fingerprint density at radius 1 is 0.789 bits per heavy atom. The van der Waals surface area contributed by atoms with Crippen molar-refractivity contribution in [3.8, 4) is 22.6 Å². The van der Waals surface area contributed by atoms with E-state index in [0.717, 1.165) is 20.4 Å². The van der Waals surface area contributed by atoms with Gasteiger partial charge in [0.2, 0.25) is 0 Å². The zero-order valence-electron chi connectivity index (χ0n) is 10.6. The maximum absolute atomic E-state index is 5.40. The van der Waals surface area contributed by atoms with Gasteiger partial charge in [0.15, 0.2) is 0 Å². The molecule has 0 aliphatic carbocycles. The molecule has 1 aliphatic rings. The summed E-state index contributed by atoms with van der Waals surface area (Å²) in [6, 6.07) is 8.74. The fourth-order valence-electron chi connectivity index (χ4n) is 2.50. The molecule has 0 unspecified atom stereocenters. The summed E-state index contributed by atoms with van der Waals surface area (Å²) in [6.45, 7) is 0. The third kappa shape index (κ3) is 2.36. The molecule has 0 fully saturated rings. The van der Waals surface area contributed by atoms with Crippen molar-refractivity contribution in [2.24, 2.45) is 0 Å². The van der Waals surface area contributed by atoms with Crippen LogP contribution in [0.1, 0.15) is 0 Å². The van der Waals surface area contributed by atoms with Crippen LogP contribution in [-0.2, 0) is 24.6 Å². The van der Waals surface area contributed by atoms with Crippen LogP contribution in [0.3, 0.4) is 0 Å². The molecule has 0 spiro atoms. The zero-order chi connectivity index (χ0) is 13.6. The Kier molecular flexibility index (Phi) is 3.93. The Hall–Kier alpha value is -0.0649. The van der Waals surface area contributed by atoms with E-state index in [0.29, 0.717) is 0 Å². The zero-order valence-corrected chi connectivity index (χ0v) is 19.3. The van der Waals surface area contributed by atoms with Gasteiger partial charge in [0.25, 0.3) is 0 Å². The number of fused-ring (bicyclic) bond motifs is 3. The first-order valence-corrected chi connectivity index (χ1v) is 13.0. The average Bonchev–Trinajstić information content (AvgIpc) is 2.72. The number of hydrogen-bond donors (Lipinski definition) is 0. The first kappa shape index (κ1) is 13.9. The number of rotatable bonds is 2. The Morgan fingerprint density at radius 3 is 1.58 bits per heavy atom. The molecule has 0 atom stereocenters. The van der Waals surface area contributed by atoms with Crippen molar-refractivity contribution in [2.75, 3.05) is 14.2 Å². The van der Waals surface area contributed by atoms with Crippen LogP contribution in [0, 0.1) is 0 Å². The first-order valence-electron chi connectivity index (χ1n) is 5.87.